The van der Waals surface area contributed by atoms with Gasteiger partial charge in [-0.25, -0.2) is 14.6 Å². The van der Waals surface area contributed by atoms with Crippen LogP contribution in [0.1, 0.15) is 51.6 Å². The van der Waals surface area contributed by atoms with Gasteiger partial charge in [-0.05, 0) is 62.4 Å². The lowest BCUT2D eigenvalue weighted by molar-refractivity contribution is 0.184. The molecule has 2 N–H and O–H groups in total. The molecular weight excluding hydrogens is 420 g/mol. The van der Waals surface area contributed by atoms with E-state index in [0.717, 1.165) is 23.1 Å². The average Bonchev–Trinajstić information content (AvgIpc) is 3.16. The first-order chi connectivity index (χ1) is 15.8. The number of carbonyl (C=O) groups excluding carboxylic acids is 1. The Hall–Kier alpha value is -3.62. The number of nitrogens with zero attached hydrogens (tertiary/aromatic N) is 4. The van der Waals surface area contributed by atoms with E-state index in [1.54, 1.807) is 35.0 Å². The molecule has 33 heavy (non-hydrogen) atoms. The molecule has 1 aliphatic heterocycles. The monoisotopic (exact) mass is 450 g/mol. The Balaban J connectivity index is 1.49. The Morgan fingerprint density at radius 2 is 1.97 bits per heavy atom. The van der Waals surface area contributed by atoms with E-state index in [-0.39, 0.29) is 29.0 Å². The largest absolute Gasteiger partial charge is 0.327 e. The van der Waals surface area contributed by atoms with E-state index in [4.69, 9.17) is 0 Å². The molecule has 4 heterocycles. The number of nitrogens with one attached hydrogen (secondary N) is 2. The van der Waals surface area contributed by atoms with Crippen molar-refractivity contribution in [1.29, 1.82) is 0 Å². The standard InChI is InChI=1S/C24H30N6O3/c1-5-15(2)16(3)17-13-19(22(31)28(4)14-17)26-23(32)29-11-8-18(9-12-29)30-20-7-6-10-25-21(20)27-24(30)33/h6-7,10,13-14,18H,5,8-9,11-12H2,1-4H3,(H,26,32)(H,25,27,33). The molecule has 3 aromatic rings. The van der Waals surface area contributed by atoms with Gasteiger partial charge < -0.3 is 14.8 Å². The number of carbonyl (C=O) groups is 1. The number of aromatic amines is 1. The van der Waals surface area contributed by atoms with Crippen LogP contribution in [-0.2, 0) is 7.05 Å². The molecule has 1 aliphatic rings. The number of likely N-dealkylation sites (tertiary alicyclic amines) is 1. The van der Waals surface area contributed by atoms with Crippen molar-refractivity contribution in [3.8, 4) is 0 Å². The molecule has 0 spiro atoms. The lowest BCUT2D eigenvalue weighted by atomic mass is 10.0. The summed E-state index contributed by atoms with van der Waals surface area (Å²) in [4.78, 5) is 46.7. The summed E-state index contributed by atoms with van der Waals surface area (Å²) < 4.78 is 3.24. The van der Waals surface area contributed by atoms with Crippen molar-refractivity contribution < 1.29 is 4.79 Å². The lowest BCUT2D eigenvalue weighted by Crippen LogP contribution is -2.43. The quantitative estimate of drug-likeness (QED) is 0.635. The Morgan fingerprint density at radius 1 is 1.24 bits per heavy atom. The molecule has 0 aromatic carbocycles. The van der Waals surface area contributed by atoms with Crippen LogP contribution in [0.5, 0.6) is 0 Å². The highest BCUT2D eigenvalue weighted by atomic mass is 16.2. The highest BCUT2D eigenvalue weighted by Crippen LogP contribution is 2.25. The number of imidazole rings is 1. The second kappa shape index (κ2) is 9.09. The molecule has 1 saturated heterocycles. The minimum atomic E-state index is -0.301. The van der Waals surface area contributed by atoms with Crippen molar-refractivity contribution in [2.24, 2.45) is 7.05 Å². The van der Waals surface area contributed by atoms with Crippen molar-refractivity contribution in [3.63, 3.8) is 0 Å². The lowest BCUT2D eigenvalue weighted by Gasteiger charge is -2.32. The molecule has 174 valence electrons. The Labute approximate surface area is 191 Å². The summed E-state index contributed by atoms with van der Waals surface area (Å²) in [7, 11) is 1.69. The Morgan fingerprint density at radius 3 is 2.67 bits per heavy atom. The molecule has 9 nitrogen and oxygen atoms in total. The second-order valence-corrected chi connectivity index (χ2v) is 8.64. The maximum absolute atomic E-state index is 12.9. The van der Waals surface area contributed by atoms with E-state index in [1.807, 2.05) is 19.1 Å². The molecule has 3 aromatic heterocycles. The van der Waals surface area contributed by atoms with Crippen molar-refractivity contribution in [1.82, 2.24) is 24.0 Å². The van der Waals surface area contributed by atoms with Gasteiger partial charge in [-0.2, -0.15) is 0 Å². The fourth-order valence-corrected chi connectivity index (χ4v) is 4.36. The third-order valence-electron chi connectivity index (χ3n) is 6.64. The average molecular weight is 451 g/mol. The van der Waals surface area contributed by atoms with E-state index in [9.17, 15) is 14.4 Å². The van der Waals surface area contributed by atoms with Crippen LogP contribution in [0, 0.1) is 0 Å². The number of pyridine rings is 2. The zero-order valence-corrected chi connectivity index (χ0v) is 19.5. The first kappa shape index (κ1) is 22.6. The number of hydrogen-bond donors (Lipinski definition) is 2. The van der Waals surface area contributed by atoms with Gasteiger partial charge in [0, 0.05) is 38.6 Å². The molecule has 0 radical (unpaired) electrons. The van der Waals surface area contributed by atoms with Gasteiger partial charge in [0.2, 0.25) is 0 Å². The molecule has 9 heteroatoms. The van der Waals surface area contributed by atoms with Gasteiger partial charge in [-0.3, -0.25) is 14.3 Å². The van der Waals surface area contributed by atoms with Crippen LogP contribution >= 0.6 is 0 Å². The van der Waals surface area contributed by atoms with Crippen molar-refractivity contribution >= 4 is 28.5 Å². The number of hydrogen-bond acceptors (Lipinski definition) is 4. The van der Waals surface area contributed by atoms with Gasteiger partial charge in [0.15, 0.2) is 5.65 Å². The maximum Gasteiger partial charge on any atom is 0.327 e. The van der Waals surface area contributed by atoms with Crippen molar-refractivity contribution in [3.05, 3.63) is 62.6 Å². The highest BCUT2D eigenvalue weighted by molar-refractivity contribution is 5.89. The van der Waals surface area contributed by atoms with Crippen LogP contribution in [0.4, 0.5) is 10.5 Å². The number of allylic oxidation sites excluding steroid dienone is 2. The minimum absolute atomic E-state index is 0.0134. The summed E-state index contributed by atoms with van der Waals surface area (Å²) in [5.41, 5.74) is 4.43. The fraction of sp³-hybridized carbons (Fsp3) is 0.417. The number of anilines is 1. The Bertz CT molecular complexity index is 1340. The number of aryl methyl sites for hydroxylation is 1. The van der Waals surface area contributed by atoms with Crippen LogP contribution in [0.2, 0.25) is 0 Å². The van der Waals surface area contributed by atoms with Gasteiger partial charge >= 0.3 is 11.7 Å². The van der Waals surface area contributed by atoms with E-state index in [2.05, 4.69) is 29.1 Å². The van der Waals surface area contributed by atoms with E-state index >= 15 is 0 Å². The van der Waals surface area contributed by atoms with Crippen LogP contribution in [0.15, 0.2) is 45.8 Å². The van der Waals surface area contributed by atoms with Gasteiger partial charge in [0.1, 0.15) is 5.69 Å². The SMILES string of the molecule is CCC(C)=C(C)c1cc(NC(=O)N2CCC(n3c(=O)[nH]c4ncccc43)CC2)c(=O)n(C)c1. The molecule has 0 atom stereocenters. The summed E-state index contributed by atoms with van der Waals surface area (Å²) in [6.45, 7) is 7.16. The molecule has 0 saturated carbocycles. The predicted molar refractivity (Wildman–Crippen MR) is 129 cm³/mol. The second-order valence-electron chi connectivity index (χ2n) is 8.64. The van der Waals surface area contributed by atoms with Crippen molar-refractivity contribution in [2.75, 3.05) is 18.4 Å². The molecule has 4 rings (SSSR count). The van der Waals surface area contributed by atoms with Crippen LogP contribution in [0.3, 0.4) is 0 Å². The minimum Gasteiger partial charge on any atom is -0.324 e. The number of amides is 2. The van der Waals surface area contributed by atoms with Crippen LogP contribution < -0.4 is 16.6 Å². The smallest absolute Gasteiger partial charge is 0.324 e. The number of urea groups is 1. The number of H-pyrrole nitrogens is 1. The van der Waals surface area contributed by atoms with Crippen LogP contribution in [0.25, 0.3) is 16.7 Å². The molecular formula is C24H30N6O3. The summed E-state index contributed by atoms with van der Waals surface area (Å²) in [5, 5.41) is 2.81. The van der Waals surface area contributed by atoms with E-state index in [0.29, 0.717) is 31.6 Å². The third-order valence-corrected chi connectivity index (χ3v) is 6.64. The number of rotatable bonds is 4. The van der Waals surface area contributed by atoms with Gasteiger partial charge in [0.05, 0.1) is 5.52 Å². The maximum atomic E-state index is 12.9. The summed E-state index contributed by atoms with van der Waals surface area (Å²) in [6.07, 6.45) is 5.65. The molecule has 0 unspecified atom stereocenters. The molecule has 0 bridgehead atoms. The predicted octanol–water partition coefficient (Wildman–Crippen LogP) is 3.50. The normalized spacial score (nSPS) is 15.6. The zero-order chi connectivity index (χ0) is 23.7. The van der Waals surface area contributed by atoms with Gasteiger partial charge in [0.25, 0.3) is 5.56 Å². The molecule has 2 amide bonds. The Kier molecular flexibility index (Phi) is 6.22. The number of fused-ring (bicyclic) bond motifs is 1. The first-order valence-corrected chi connectivity index (χ1v) is 11.3. The zero-order valence-electron chi connectivity index (χ0n) is 19.5. The summed E-state index contributed by atoms with van der Waals surface area (Å²) in [5.74, 6) is 0. The van der Waals surface area contributed by atoms with Gasteiger partial charge in [-0.15, -0.1) is 0 Å². The molecule has 1 fully saturated rings. The third kappa shape index (κ3) is 4.35. The van der Waals surface area contributed by atoms with Gasteiger partial charge in [-0.1, -0.05) is 12.5 Å². The fourth-order valence-electron chi connectivity index (χ4n) is 4.36. The van der Waals surface area contributed by atoms with E-state index in [1.165, 1.54) is 10.1 Å². The summed E-state index contributed by atoms with van der Waals surface area (Å²) in [6, 6.07) is 5.12. The topological polar surface area (TPSA) is 105 Å². The van der Waals surface area contributed by atoms with Crippen LogP contribution in [-0.4, -0.2) is 43.1 Å². The highest BCUT2D eigenvalue weighted by Gasteiger charge is 2.26. The molecule has 0 aliphatic carbocycles. The van der Waals surface area contributed by atoms with E-state index < -0.39 is 0 Å². The summed E-state index contributed by atoms with van der Waals surface area (Å²) >= 11 is 0. The number of piperidine rings is 1. The number of aromatic nitrogens is 4. The van der Waals surface area contributed by atoms with Crippen molar-refractivity contribution in [2.45, 2.75) is 46.1 Å². The first-order valence-electron chi connectivity index (χ1n) is 11.3.